The maximum absolute atomic E-state index is 12.3. The van der Waals surface area contributed by atoms with Crippen LogP contribution < -0.4 is 4.74 Å². The van der Waals surface area contributed by atoms with Crippen LogP contribution in [-0.2, 0) is 0 Å². The van der Waals surface area contributed by atoms with Crippen molar-refractivity contribution in [2.45, 2.75) is 0 Å². The van der Waals surface area contributed by atoms with Gasteiger partial charge in [-0.3, -0.25) is 14.9 Å². The fourth-order valence-corrected chi connectivity index (χ4v) is 1.93. The molecule has 0 aromatic heterocycles. The van der Waals surface area contributed by atoms with Crippen molar-refractivity contribution in [1.82, 2.24) is 0 Å². The highest BCUT2D eigenvalue weighted by Gasteiger charge is 2.23. The van der Waals surface area contributed by atoms with Crippen LogP contribution in [0.2, 0.25) is 5.02 Å². The monoisotopic (exact) mass is 317 g/mol. The fraction of sp³-hybridized carbons (Fsp3) is 0.0625. The van der Waals surface area contributed by atoms with E-state index >= 15 is 0 Å². The minimum Gasteiger partial charge on any atom is -0.497 e. The van der Waals surface area contributed by atoms with E-state index in [9.17, 15) is 14.9 Å². The molecule has 0 aliphatic heterocycles. The molecule has 0 radical (unpaired) electrons. The Morgan fingerprint density at radius 3 is 2.23 bits per heavy atom. The first kappa shape index (κ1) is 15.7. The summed E-state index contributed by atoms with van der Waals surface area (Å²) in [5, 5.41) is 11.7. The van der Waals surface area contributed by atoms with E-state index < -0.39 is 16.4 Å². The Morgan fingerprint density at radius 2 is 1.73 bits per heavy atom. The predicted molar refractivity (Wildman–Crippen MR) is 83.7 cm³/mol. The van der Waals surface area contributed by atoms with Gasteiger partial charge < -0.3 is 4.74 Å². The van der Waals surface area contributed by atoms with Gasteiger partial charge in [0.05, 0.1) is 12.0 Å². The van der Waals surface area contributed by atoms with Gasteiger partial charge in [-0.1, -0.05) is 23.7 Å². The molecule has 0 amide bonds. The van der Waals surface area contributed by atoms with Crippen LogP contribution in [-0.4, -0.2) is 17.8 Å². The first-order valence-corrected chi connectivity index (χ1v) is 6.69. The molecule has 0 aliphatic rings. The van der Waals surface area contributed by atoms with Gasteiger partial charge in [0.1, 0.15) is 5.75 Å². The topological polar surface area (TPSA) is 69.4 Å². The van der Waals surface area contributed by atoms with Gasteiger partial charge in [-0.15, -0.1) is 0 Å². The minimum atomic E-state index is -0.693. The largest absolute Gasteiger partial charge is 0.497 e. The highest BCUT2D eigenvalue weighted by molar-refractivity contribution is 6.30. The SMILES string of the molecule is COc1ccc(C(=O)/C(=C/c2ccc(Cl)cc2)[N+](=O)[O-])cc1. The zero-order valence-electron chi connectivity index (χ0n) is 11.7. The summed E-state index contributed by atoms with van der Waals surface area (Å²) in [5.41, 5.74) is 0.239. The molecule has 0 spiro atoms. The molecule has 0 saturated heterocycles. The molecule has 0 fully saturated rings. The summed E-state index contributed by atoms with van der Waals surface area (Å²) in [6.45, 7) is 0. The van der Waals surface area contributed by atoms with E-state index in [4.69, 9.17) is 16.3 Å². The number of hydrogen-bond donors (Lipinski definition) is 0. The van der Waals surface area contributed by atoms with Gasteiger partial charge in [-0.05, 0) is 42.0 Å². The molecule has 0 N–H and O–H groups in total. The normalized spacial score (nSPS) is 11.1. The molecule has 0 saturated carbocycles. The number of rotatable bonds is 5. The first-order valence-electron chi connectivity index (χ1n) is 6.31. The number of carbonyl (C=O) groups is 1. The number of ketones is 1. The number of allylic oxidation sites excluding steroid dienone is 1. The number of methoxy groups -OCH3 is 1. The quantitative estimate of drug-likeness (QED) is 0.363. The lowest BCUT2D eigenvalue weighted by Crippen LogP contribution is -2.11. The van der Waals surface area contributed by atoms with Crippen LogP contribution in [0.15, 0.2) is 54.2 Å². The number of carbonyl (C=O) groups excluding carboxylic acids is 1. The second-order valence-corrected chi connectivity index (χ2v) is 4.83. The number of hydrogen-bond acceptors (Lipinski definition) is 4. The van der Waals surface area contributed by atoms with Crippen molar-refractivity contribution in [1.29, 1.82) is 0 Å². The molecule has 0 aliphatic carbocycles. The van der Waals surface area contributed by atoms with Crippen LogP contribution in [0.4, 0.5) is 0 Å². The van der Waals surface area contributed by atoms with Crippen molar-refractivity contribution >= 4 is 23.5 Å². The van der Waals surface area contributed by atoms with Gasteiger partial charge in [0.25, 0.3) is 5.78 Å². The van der Waals surface area contributed by atoms with Crippen molar-refractivity contribution in [3.63, 3.8) is 0 Å². The van der Waals surface area contributed by atoms with E-state index in [0.29, 0.717) is 16.3 Å². The summed E-state index contributed by atoms with van der Waals surface area (Å²) in [6, 6.07) is 12.5. The summed E-state index contributed by atoms with van der Waals surface area (Å²) in [5.74, 6) is -0.0940. The maximum Gasteiger partial charge on any atom is 0.317 e. The number of nitrogens with zero attached hydrogens (tertiary/aromatic N) is 1. The summed E-state index contributed by atoms with van der Waals surface area (Å²) in [6.07, 6.45) is 1.23. The van der Waals surface area contributed by atoms with E-state index in [1.807, 2.05) is 0 Å². The predicted octanol–water partition coefficient (Wildman–Crippen LogP) is 3.85. The van der Waals surface area contributed by atoms with Gasteiger partial charge in [-0.2, -0.15) is 0 Å². The van der Waals surface area contributed by atoms with Crippen LogP contribution in [0.5, 0.6) is 5.75 Å². The number of Topliss-reactive ketones (excluding diaryl/α,β-unsaturated/α-hetero) is 1. The zero-order valence-corrected chi connectivity index (χ0v) is 12.4. The van der Waals surface area contributed by atoms with Crippen molar-refractivity contribution in [3.05, 3.63) is 80.5 Å². The molecule has 5 nitrogen and oxygen atoms in total. The molecule has 22 heavy (non-hydrogen) atoms. The Kier molecular flexibility index (Phi) is 4.91. The number of ether oxygens (including phenoxy) is 1. The molecule has 0 bridgehead atoms. The molecule has 2 aromatic carbocycles. The first-order chi connectivity index (χ1) is 10.5. The van der Waals surface area contributed by atoms with Crippen LogP contribution in [0.3, 0.4) is 0 Å². The van der Waals surface area contributed by atoms with Gasteiger partial charge >= 0.3 is 5.70 Å². The molecule has 0 unspecified atom stereocenters. The lowest BCUT2D eigenvalue weighted by Gasteiger charge is -2.02. The molecule has 2 aromatic rings. The molecular formula is C16H12ClNO4. The Bertz CT molecular complexity index is 721. The average molecular weight is 318 g/mol. The molecule has 2 rings (SSSR count). The van der Waals surface area contributed by atoms with Crippen LogP contribution >= 0.6 is 11.6 Å². The third-order valence-electron chi connectivity index (χ3n) is 2.95. The van der Waals surface area contributed by atoms with Gasteiger partial charge in [0.2, 0.25) is 0 Å². The zero-order chi connectivity index (χ0) is 16.1. The van der Waals surface area contributed by atoms with E-state index in [-0.39, 0.29) is 5.56 Å². The second kappa shape index (κ2) is 6.87. The van der Waals surface area contributed by atoms with E-state index in [0.717, 1.165) is 0 Å². The standard InChI is InChI=1S/C16H12ClNO4/c1-22-14-8-4-12(5-9-14)16(19)15(18(20)21)10-11-2-6-13(17)7-3-11/h2-10H,1H3/b15-10-. The highest BCUT2D eigenvalue weighted by Crippen LogP contribution is 2.18. The lowest BCUT2D eigenvalue weighted by molar-refractivity contribution is -0.415. The summed E-state index contributed by atoms with van der Waals surface area (Å²) in [7, 11) is 1.50. The van der Waals surface area contributed by atoms with Crippen LogP contribution in [0.1, 0.15) is 15.9 Å². The van der Waals surface area contributed by atoms with E-state index in [2.05, 4.69) is 0 Å². The van der Waals surface area contributed by atoms with Crippen molar-refractivity contribution < 1.29 is 14.5 Å². The Hall–Kier alpha value is -2.66. The second-order valence-electron chi connectivity index (χ2n) is 4.40. The summed E-state index contributed by atoms with van der Waals surface area (Å²) >= 11 is 5.76. The molecule has 6 heteroatoms. The smallest absolute Gasteiger partial charge is 0.317 e. The fourth-order valence-electron chi connectivity index (χ4n) is 1.81. The van der Waals surface area contributed by atoms with Gasteiger partial charge in [0.15, 0.2) is 0 Å². The number of benzene rings is 2. The van der Waals surface area contributed by atoms with Crippen molar-refractivity contribution in [2.24, 2.45) is 0 Å². The molecule has 112 valence electrons. The van der Waals surface area contributed by atoms with Crippen molar-refractivity contribution in [3.8, 4) is 5.75 Å². The Balaban J connectivity index is 2.36. The number of halogens is 1. The molecule has 0 heterocycles. The van der Waals surface area contributed by atoms with Crippen molar-refractivity contribution in [2.75, 3.05) is 7.11 Å². The van der Waals surface area contributed by atoms with Crippen LogP contribution in [0.25, 0.3) is 6.08 Å². The highest BCUT2D eigenvalue weighted by atomic mass is 35.5. The third kappa shape index (κ3) is 3.71. The molecular weight excluding hydrogens is 306 g/mol. The van der Waals surface area contributed by atoms with Crippen LogP contribution in [0, 0.1) is 10.1 Å². The van der Waals surface area contributed by atoms with Gasteiger partial charge in [0, 0.05) is 16.7 Å². The van der Waals surface area contributed by atoms with Gasteiger partial charge in [-0.25, -0.2) is 0 Å². The summed E-state index contributed by atoms with van der Waals surface area (Å²) in [4.78, 5) is 22.8. The lowest BCUT2D eigenvalue weighted by atomic mass is 10.1. The van der Waals surface area contributed by atoms with E-state index in [1.165, 1.54) is 25.3 Å². The Morgan fingerprint density at radius 1 is 1.14 bits per heavy atom. The average Bonchev–Trinajstić information content (AvgIpc) is 2.53. The Labute approximate surface area is 131 Å². The summed E-state index contributed by atoms with van der Waals surface area (Å²) < 4.78 is 4.99. The minimum absolute atomic E-state index is 0.220. The third-order valence-corrected chi connectivity index (χ3v) is 3.21. The number of nitro groups is 1. The van der Waals surface area contributed by atoms with E-state index in [1.54, 1.807) is 36.4 Å². The molecule has 0 atom stereocenters. The maximum atomic E-state index is 12.3.